The molecule has 0 unspecified atom stereocenters. The summed E-state index contributed by atoms with van der Waals surface area (Å²) in [4.78, 5) is 12.3. The molecule has 2 aromatic rings. The molecular formula is C15H15ClN2O3. The first-order chi connectivity index (χ1) is 10.0. The quantitative estimate of drug-likeness (QED) is 0.851. The molecule has 0 bridgehead atoms. The normalized spacial score (nSPS) is 10.0. The lowest BCUT2D eigenvalue weighted by Gasteiger charge is -2.12. The molecule has 0 aliphatic carbocycles. The van der Waals surface area contributed by atoms with E-state index in [1.807, 2.05) is 0 Å². The second kappa shape index (κ2) is 6.37. The van der Waals surface area contributed by atoms with Crippen LogP contribution in [-0.4, -0.2) is 20.1 Å². The molecule has 6 heteroatoms. The summed E-state index contributed by atoms with van der Waals surface area (Å²) in [5, 5.41) is 3.20. The minimum atomic E-state index is -0.344. The van der Waals surface area contributed by atoms with E-state index in [0.29, 0.717) is 33.5 Å². The predicted octanol–water partition coefficient (Wildman–Crippen LogP) is 3.19. The number of rotatable bonds is 4. The zero-order valence-electron chi connectivity index (χ0n) is 11.6. The zero-order valence-corrected chi connectivity index (χ0v) is 12.4. The number of hydrogen-bond acceptors (Lipinski definition) is 4. The Morgan fingerprint density at radius 1 is 1.14 bits per heavy atom. The average Bonchev–Trinajstić information content (AvgIpc) is 2.50. The van der Waals surface area contributed by atoms with E-state index in [4.69, 9.17) is 26.8 Å². The Kier molecular flexibility index (Phi) is 4.55. The van der Waals surface area contributed by atoms with Crippen LogP contribution in [0.4, 0.5) is 11.4 Å². The van der Waals surface area contributed by atoms with Crippen LogP contribution in [0, 0.1) is 0 Å². The van der Waals surface area contributed by atoms with Gasteiger partial charge in [-0.1, -0.05) is 11.6 Å². The van der Waals surface area contributed by atoms with E-state index in [2.05, 4.69) is 5.32 Å². The molecule has 0 radical (unpaired) electrons. The molecule has 3 N–H and O–H groups in total. The van der Waals surface area contributed by atoms with Gasteiger partial charge < -0.3 is 20.5 Å². The third-order valence-electron chi connectivity index (χ3n) is 2.92. The van der Waals surface area contributed by atoms with Gasteiger partial charge in [-0.15, -0.1) is 0 Å². The molecule has 0 fully saturated rings. The van der Waals surface area contributed by atoms with Crippen LogP contribution in [0.3, 0.4) is 0 Å². The van der Waals surface area contributed by atoms with Crippen LogP contribution in [0.2, 0.25) is 5.02 Å². The lowest BCUT2D eigenvalue weighted by atomic mass is 10.1. The largest absolute Gasteiger partial charge is 0.497 e. The topological polar surface area (TPSA) is 73.6 Å². The molecule has 0 spiro atoms. The van der Waals surface area contributed by atoms with Gasteiger partial charge in [0.05, 0.1) is 31.2 Å². The van der Waals surface area contributed by atoms with Crippen molar-refractivity contribution in [1.82, 2.24) is 0 Å². The van der Waals surface area contributed by atoms with Gasteiger partial charge in [-0.2, -0.15) is 0 Å². The SMILES string of the molecule is COc1ccc(C(=O)Nc2cc(Cl)ccc2N)c(OC)c1. The van der Waals surface area contributed by atoms with Crippen molar-refractivity contribution in [2.24, 2.45) is 0 Å². The van der Waals surface area contributed by atoms with E-state index in [-0.39, 0.29) is 5.91 Å². The highest BCUT2D eigenvalue weighted by molar-refractivity contribution is 6.31. The van der Waals surface area contributed by atoms with Crippen molar-refractivity contribution in [3.8, 4) is 11.5 Å². The van der Waals surface area contributed by atoms with Crippen LogP contribution < -0.4 is 20.5 Å². The summed E-state index contributed by atoms with van der Waals surface area (Å²) in [6.07, 6.45) is 0. The molecule has 0 aliphatic heterocycles. The highest BCUT2D eigenvalue weighted by atomic mass is 35.5. The molecule has 0 aromatic heterocycles. The maximum absolute atomic E-state index is 12.3. The minimum Gasteiger partial charge on any atom is -0.497 e. The molecule has 0 saturated carbocycles. The van der Waals surface area contributed by atoms with Crippen molar-refractivity contribution < 1.29 is 14.3 Å². The molecule has 0 aliphatic rings. The Bertz CT molecular complexity index is 674. The first-order valence-corrected chi connectivity index (χ1v) is 6.51. The van der Waals surface area contributed by atoms with E-state index in [9.17, 15) is 4.79 Å². The lowest BCUT2D eigenvalue weighted by Crippen LogP contribution is -2.14. The van der Waals surface area contributed by atoms with Crippen molar-refractivity contribution in [3.05, 3.63) is 47.0 Å². The Labute approximate surface area is 127 Å². The molecule has 0 saturated heterocycles. The van der Waals surface area contributed by atoms with Gasteiger partial charge in [0.2, 0.25) is 0 Å². The summed E-state index contributed by atoms with van der Waals surface area (Å²) < 4.78 is 10.3. The number of halogens is 1. The maximum Gasteiger partial charge on any atom is 0.259 e. The number of methoxy groups -OCH3 is 2. The number of anilines is 2. The molecule has 21 heavy (non-hydrogen) atoms. The second-order valence-corrected chi connectivity index (χ2v) is 4.69. The van der Waals surface area contributed by atoms with Gasteiger partial charge in [0.15, 0.2) is 0 Å². The van der Waals surface area contributed by atoms with Crippen LogP contribution in [0.5, 0.6) is 11.5 Å². The molecule has 2 rings (SSSR count). The second-order valence-electron chi connectivity index (χ2n) is 4.25. The van der Waals surface area contributed by atoms with Crippen molar-refractivity contribution in [2.75, 3.05) is 25.3 Å². The summed E-state index contributed by atoms with van der Waals surface area (Å²) in [7, 11) is 3.03. The van der Waals surface area contributed by atoms with Crippen LogP contribution in [0.15, 0.2) is 36.4 Å². The summed E-state index contributed by atoms with van der Waals surface area (Å²) in [6, 6.07) is 9.80. The summed E-state index contributed by atoms with van der Waals surface area (Å²) >= 11 is 5.90. The Hall–Kier alpha value is -2.40. The molecule has 5 nitrogen and oxygen atoms in total. The van der Waals surface area contributed by atoms with Gasteiger partial charge in [-0.05, 0) is 30.3 Å². The number of amides is 1. The van der Waals surface area contributed by atoms with Crippen LogP contribution in [0.25, 0.3) is 0 Å². The Balaban J connectivity index is 2.30. The van der Waals surface area contributed by atoms with Gasteiger partial charge in [-0.3, -0.25) is 4.79 Å². The van der Waals surface area contributed by atoms with E-state index >= 15 is 0 Å². The zero-order chi connectivity index (χ0) is 15.4. The molecule has 0 atom stereocenters. The number of benzene rings is 2. The number of carbonyl (C=O) groups is 1. The van der Waals surface area contributed by atoms with E-state index in [1.165, 1.54) is 7.11 Å². The van der Waals surface area contributed by atoms with Crippen molar-refractivity contribution in [3.63, 3.8) is 0 Å². The van der Waals surface area contributed by atoms with Gasteiger partial charge in [-0.25, -0.2) is 0 Å². The van der Waals surface area contributed by atoms with Crippen LogP contribution in [0.1, 0.15) is 10.4 Å². The molecule has 0 heterocycles. The fourth-order valence-electron chi connectivity index (χ4n) is 1.81. The van der Waals surface area contributed by atoms with Crippen molar-refractivity contribution in [2.45, 2.75) is 0 Å². The summed E-state index contributed by atoms with van der Waals surface area (Å²) in [6.45, 7) is 0. The highest BCUT2D eigenvalue weighted by Gasteiger charge is 2.14. The fraction of sp³-hybridized carbons (Fsp3) is 0.133. The molecule has 1 amide bonds. The fourth-order valence-corrected chi connectivity index (χ4v) is 1.98. The van der Waals surface area contributed by atoms with Crippen LogP contribution >= 0.6 is 11.6 Å². The Morgan fingerprint density at radius 2 is 1.90 bits per heavy atom. The number of nitrogen functional groups attached to an aromatic ring is 1. The average molecular weight is 307 g/mol. The minimum absolute atomic E-state index is 0.344. The highest BCUT2D eigenvalue weighted by Crippen LogP contribution is 2.27. The van der Waals surface area contributed by atoms with E-state index in [0.717, 1.165) is 0 Å². The smallest absolute Gasteiger partial charge is 0.259 e. The third kappa shape index (κ3) is 3.38. The van der Waals surface area contributed by atoms with E-state index in [1.54, 1.807) is 43.5 Å². The standard InChI is InChI=1S/C15H15ClN2O3/c1-20-10-4-5-11(14(8-10)21-2)15(19)18-13-7-9(16)3-6-12(13)17/h3-8H,17H2,1-2H3,(H,18,19). The van der Waals surface area contributed by atoms with E-state index < -0.39 is 0 Å². The Morgan fingerprint density at radius 3 is 2.57 bits per heavy atom. The van der Waals surface area contributed by atoms with Gasteiger partial charge in [0.1, 0.15) is 11.5 Å². The number of nitrogens with one attached hydrogen (secondary N) is 1. The molecule has 110 valence electrons. The first-order valence-electron chi connectivity index (χ1n) is 6.13. The predicted molar refractivity (Wildman–Crippen MR) is 83.4 cm³/mol. The monoisotopic (exact) mass is 306 g/mol. The number of ether oxygens (including phenoxy) is 2. The summed E-state index contributed by atoms with van der Waals surface area (Å²) in [5.74, 6) is 0.668. The van der Waals surface area contributed by atoms with Gasteiger partial charge >= 0.3 is 0 Å². The molecular weight excluding hydrogens is 292 g/mol. The third-order valence-corrected chi connectivity index (χ3v) is 3.15. The number of hydrogen-bond donors (Lipinski definition) is 2. The lowest BCUT2D eigenvalue weighted by molar-refractivity contribution is 0.102. The number of carbonyl (C=O) groups excluding carboxylic acids is 1. The number of nitrogens with two attached hydrogens (primary N) is 1. The first kappa shape index (κ1) is 15.0. The van der Waals surface area contributed by atoms with Crippen LogP contribution in [-0.2, 0) is 0 Å². The molecule has 2 aromatic carbocycles. The summed E-state index contributed by atoms with van der Waals surface area (Å²) in [5.41, 5.74) is 7.06. The maximum atomic E-state index is 12.3. The van der Waals surface area contributed by atoms with Gasteiger partial charge in [0.25, 0.3) is 5.91 Å². The van der Waals surface area contributed by atoms with Gasteiger partial charge in [0, 0.05) is 11.1 Å². The van der Waals surface area contributed by atoms with Crippen molar-refractivity contribution in [1.29, 1.82) is 0 Å². The van der Waals surface area contributed by atoms with Crippen molar-refractivity contribution >= 4 is 28.9 Å².